The normalized spacial score (nSPS) is 16.0. The number of aryl methyl sites for hydroxylation is 1. The van der Waals surface area contributed by atoms with Crippen LogP contribution in [0.1, 0.15) is 16.7 Å². The molecule has 3 heterocycles. The Morgan fingerprint density at radius 2 is 1.71 bits per heavy atom. The number of nitrogens with zero attached hydrogens (tertiary/aromatic N) is 5. The summed E-state index contributed by atoms with van der Waals surface area (Å²) in [7, 11) is 1.57. The van der Waals surface area contributed by atoms with Crippen molar-refractivity contribution in [3.63, 3.8) is 0 Å². The molecule has 3 aromatic carbocycles. The van der Waals surface area contributed by atoms with Gasteiger partial charge in [0.2, 0.25) is 17.7 Å². The SMILES string of the molecule is C=CCN1CC(=O)N2CC(=O)N(Cc3cccc(-c4ccc(OC)nc4)c3)CC2N1C(=O)NCc1ccccc1.Cc1ccc(O)cc1. The first-order chi connectivity index (χ1) is 23.2. The summed E-state index contributed by atoms with van der Waals surface area (Å²) >= 11 is 0. The molecule has 11 nitrogen and oxygen atoms in total. The zero-order valence-electron chi connectivity index (χ0n) is 27.2. The van der Waals surface area contributed by atoms with E-state index in [1.807, 2.05) is 79.7 Å². The summed E-state index contributed by atoms with van der Waals surface area (Å²) < 4.78 is 5.15. The lowest BCUT2D eigenvalue weighted by molar-refractivity contribution is -0.180. The van der Waals surface area contributed by atoms with Crippen LogP contribution in [0.5, 0.6) is 11.6 Å². The highest BCUT2D eigenvalue weighted by atomic mass is 16.5. The number of hydrazine groups is 1. The quantitative estimate of drug-likeness (QED) is 0.269. The van der Waals surface area contributed by atoms with Gasteiger partial charge in [-0.1, -0.05) is 72.3 Å². The van der Waals surface area contributed by atoms with Gasteiger partial charge in [0.25, 0.3) is 0 Å². The van der Waals surface area contributed by atoms with Crippen molar-refractivity contribution in [1.82, 2.24) is 30.1 Å². The van der Waals surface area contributed by atoms with Gasteiger partial charge in [0, 0.05) is 37.5 Å². The van der Waals surface area contributed by atoms with Crippen LogP contribution in [0.3, 0.4) is 0 Å². The zero-order chi connectivity index (χ0) is 34.0. The molecule has 2 fully saturated rings. The predicted octanol–water partition coefficient (Wildman–Crippen LogP) is 4.58. The number of hydrogen-bond donors (Lipinski definition) is 2. The van der Waals surface area contributed by atoms with Crippen molar-refractivity contribution in [3.8, 4) is 22.8 Å². The Hall–Kier alpha value is -5.68. The number of methoxy groups -OCH3 is 1. The maximum Gasteiger partial charge on any atom is 0.334 e. The summed E-state index contributed by atoms with van der Waals surface area (Å²) in [6.07, 6.45) is 2.77. The molecule has 6 rings (SSSR count). The van der Waals surface area contributed by atoms with E-state index in [1.54, 1.807) is 52.5 Å². The molecule has 2 aliphatic rings. The predicted molar refractivity (Wildman–Crippen MR) is 182 cm³/mol. The lowest BCUT2D eigenvalue weighted by Gasteiger charge is -2.52. The van der Waals surface area contributed by atoms with Crippen molar-refractivity contribution in [2.75, 3.05) is 33.3 Å². The minimum atomic E-state index is -0.636. The van der Waals surface area contributed by atoms with Crippen LogP contribution in [0.2, 0.25) is 0 Å². The molecule has 11 heteroatoms. The number of aromatic hydroxyl groups is 1. The Labute approximate surface area is 280 Å². The van der Waals surface area contributed by atoms with Gasteiger partial charge in [0.05, 0.1) is 20.2 Å². The molecule has 0 aliphatic carbocycles. The summed E-state index contributed by atoms with van der Waals surface area (Å²) in [5.41, 5.74) is 4.95. The van der Waals surface area contributed by atoms with E-state index in [0.29, 0.717) is 31.3 Å². The standard InChI is InChI=1S/C30H32N6O4.C7H8O/c1-3-14-34-20-29(38)35-21-28(37)33(19-27(35)36(34)30(39)32-16-22-8-5-4-6-9-22)18-23-10-7-11-24(15-23)25-12-13-26(40-2)31-17-25;1-6-2-4-7(8)5-3-6/h3-13,15,17,27H,1,14,16,18-21H2,2H3,(H,32,39);2-5,8H,1H3. The topological polar surface area (TPSA) is 119 Å². The Balaban J connectivity index is 0.000000494. The number of amides is 4. The molecule has 1 atom stereocenters. The largest absolute Gasteiger partial charge is 0.508 e. The van der Waals surface area contributed by atoms with Crippen LogP contribution in [0, 0.1) is 6.92 Å². The number of rotatable bonds is 8. The number of piperazine rings is 1. The smallest absolute Gasteiger partial charge is 0.334 e. The molecule has 48 heavy (non-hydrogen) atoms. The molecule has 1 aromatic heterocycles. The minimum Gasteiger partial charge on any atom is -0.508 e. The molecule has 0 bridgehead atoms. The number of benzene rings is 3. The van der Waals surface area contributed by atoms with E-state index in [9.17, 15) is 14.4 Å². The number of phenolic OH excluding ortho intramolecular Hbond substituents is 1. The maximum atomic E-state index is 13.5. The van der Waals surface area contributed by atoms with Crippen molar-refractivity contribution in [2.45, 2.75) is 26.2 Å². The highest BCUT2D eigenvalue weighted by molar-refractivity contribution is 5.89. The second-order valence-electron chi connectivity index (χ2n) is 11.5. The van der Waals surface area contributed by atoms with Gasteiger partial charge in [0.15, 0.2) is 0 Å². The highest BCUT2D eigenvalue weighted by Crippen LogP contribution is 2.26. The summed E-state index contributed by atoms with van der Waals surface area (Å²) in [4.78, 5) is 47.2. The molecule has 248 valence electrons. The molecule has 2 aliphatic heterocycles. The zero-order valence-corrected chi connectivity index (χ0v) is 27.2. The van der Waals surface area contributed by atoms with Crippen LogP contribution in [-0.4, -0.2) is 87.2 Å². The van der Waals surface area contributed by atoms with Gasteiger partial charge in [-0.2, -0.15) is 0 Å². The van der Waals surface area contributed by atoms with Crippen molar-refractivity contribution in [1.29, 1.82) is 0 Å². The van der Waals surface area contributed by atoms with Gasteiger partial charge >= 0.3 is 6.03 Å². The van der Waals surface area contributed by atoms with E-state index in [0.717, 1.165) is 22.3 Å². The number of pyridine rings is 1. The van der Waals surface area contributed by atoms with Crippen molar-refractivity contribution in [3.05, 3.63) is 127 Å². The van der Waals surface area contributed by atoms with Crippen LogP contribution in [-0.2, 0) is 22.7 Å². The minimum absolute atomic E-state index is 0.00744. The van der Waals surface area contributed by atoms with Gasteiger partial charge < -0.3 is 25.0 Å². The van der Waals surface area contributed by atoms with E-state index in [2.05, 4.69) is 16.9 Å². The van der Waals surface area contributed by atoms with Crippen LogP contribution in [0.25, 0.3) is 11.1 Å². The fraction of sp³-hybridized carbons (Fsp3) is 0.243. The van der Waals surface area contributed by atoms with Gasteiger partial charge in [-0.25, -0.2) is 19.8 Å². The van der Waals surface area contributed by atoms with Crippen LogP contribution < -0.4 is 10.1 Å². The number of phenols is 1. The third-order valence-corrected chi connectivity index (χ3v) is 8.07. The molecule has 2 saturated heterocycles. The number of carbonyl (C=O) groups is 3. The maximum absolute atomic E-state index is 13.5. The van der Waals surface area contributed by atoms with Crippen LogP contribution in [0.4, 0.5) is 4.79 Å². The molecule has 0 radical (unpaired) electrons. The van der Waals surface area contributed by atoms with Crippen molar-refractivity contribution >= 4 is 17.8 Å². The number of nitrogens with one attached hydrogen (secondary N) is 1. The van der Waals surface area contributed by atoms with E-state index in [4.69, 9.17) is 9.84 Å². The monoisotopic (exact) mass is 648 g/mol. The third-order valence-electron chi connectivity index (χ3n) is 8.07. The summed E-state index contributed by atoms with van der Waals surface area (Å²) in [5.74, 6) is 0.507. The van der Waals surface area contributed by atoms with E-state index < -0.39 is 6.17 Å². The molecule has 0 saturated carbocycles. The molecule has 2 N–H and O–H groups in total. The second-order valence-corrected chi connectivity index (χ2v) is 11.5. The molecule has 4 amide bonds. The van der Waals surface area contributed by atoms with Gasteiger partial charge in [-0.15, -0.1) is 6.58 Å². The van der Waals surface area contributed by atoms with Crippen LogP contribution in [0.15, 0.2) is 110 Å². The first-order valence-electron chi connectivity index (χ1n) is 15.6. The summed E-state index contributed by atoms with van der Waals surface area (Å²) in [6.45, 7) is 6.88. The molecule has 1 unspecified atom stereocenters. The lowest BCUT2D eigenvalue weighted by atomic mass is 10.0. The molecular formula is C37H40N6O5. The molecule has 0 spiro atoms. The number of hydrogen-bond acceptors (Lipinski definition) is 7. The fourth-order valence-corrected chi connectivity index (χ4v) is 5.58. The number of aromatic nitrogens is 1. The first kappa shape index (κ1) is 33.7. The second kappa shape index (κ2) is 15.7. The average Bonchev–Trinajstić information content (AvgIpc) is 3.10. The van der Waals surface area contributed by atoms with E-state index in [-0.39, 0.29) is 37.5 Å². The third kappa shape index (κ3) is 8.37. The van der Waals surface area contributed by atoms with Crippen LogP contribution >= 0.6 is 0 Å². The van der Waals surface area contributed by atoms with Gasteiger partial charge in [0.1, 0.15) is 18.5 Å². The summed E-state index contributed by atoms with van der Waals surface area (Å²) in [5, 5.41) is 15.0. The van der Waals surface area contributed by atoms with Crippen molar-refractivity contribution in [2.24, 2.45) is 0 Å². The molecule has 4 aromatic rings. The number of ether oxygens (including phenoxy) is 1. The number of carbonyl (C=O) groups excluding carboxylic acids is 3. The van der Waals surface area contributed by atoms with E-state index >= 15 is 0 Å². The number of fused-ring (bicyclic) bond motifs is 1. The fourth-order valence-electron chi connectivity index (χ4n) is 5.58. The first-order valence-corrected chi connectivity index (χ1v) is 15.6. The lowest BCUT2D eigenvalue weighted by Crippen LogP contribution is -2.73. The van der Waals surface area contributed by atoms with Gasteiger partial charge in [-0.05, 0) is 47.9 Å². The molecular weight excluding hydrogens is 608 g/mol. The van der Waals surface area contributed by atoms with E-state index in [1.165, 1.54) is 10.5 Å². The van der Waals surface area contributed by atoms with Crippen molar-refractivity contribution < 1.29 is 24.2 Å². The Morgan fingerprint density at radius 1 is 0.958 bits per heavy atom. The van der Waals surface area contributed by atoms with Gasteiger partial charge in [-0.3, -0.25) is 9.59 Å². The highest BCUT2D eigenvalue weighted by Gasteiger charge is 2.46. The average molecular weight is 649 g/mol. The Bertz CT molecular complexity index is 1690. The Kier molecular flexibility index (Phi) is 11.0. The number of urea groups is 1. The Morgan fingerprint density at radius 3 is 2.38 bits per heavy atom. The summed E-state index contributed by atoms with van der Waals surface area (Å²) in [6, 6.07) is 28.0.